The van der Waals surface area contributed by atoms with E-state index < -0.39 is 0 Å². The van der Waals surface area contributed by atoms with Crippen LogP contribution in [0.2, 0.25) is 0 Å². The van der Waals surface area contributed by atoms with E-state index in [0.29, 0.717) is 6.04 Å². The number of ether oxygens (including phenoxy) is 1. The molecule has 1 N–H and O–H groups in total. The highest BCUT2D eigenvalue weighted by Crippen LogP contribution is 2.38. The standard InChI is InChI=1S/C12H16N2O/c1-3-10(7-13-5-1)12(8-15-9-12)11-4-2-6-14-11/h1,3,5,7,11,14H,2,4,6,8-9H2. The zero-order valence-electron chi connectivity index (χ0n) is 8.78. The lowest BCUT2D eigenvalue weighted by Crippen LogP contribution is -2.58. The first-order valence-corrected chi connectivity index (χ1v) is 5.63. The lowest BCUT2D eigenvalue weighted by Gasteiger charge is -2.46. The van der Waals surface area contributed by atoms with Crippen molar-refractivity contribution in [2.45, 2.75) is 24.3 Å². The molecule has 3 nitrogen and oxygen atoms in total. The Bertz CT molecular complexity index is 329. The second-order valence-corrected chi connectivity index (χ2v) is 4.54. The first kappa shape index (κ1) is 9.31. The third-order valence-corrected chi connectivity index (χ3v) is 3.68. The summed E-state index contributed by atoms with van der Waals surface area (Å²) in [6, 6.07) is 4.77. The molecule has 0 bridgehead atoms. The zero-order chi connectivity index (χ0) is 10.1. The Hall–Kier alpha value is -0.930. The predicted molar refractivity (Wildman–Crippen MR) is 57.8 cm³/mol. The molecule has 15 heavy (non-hydrogen) atoms. The van der Waals surface area contributed by atoms with Crippen LogP contribution in [0.15, 0.2) is 24.5 Å². The molecule has 0 radical (unpaired) electrons. The fraction of sp³-hybridized carbons (Fsp3) is 0.583. The van der Waals surface area contributed by atoms with Crippen molar-refractivity contribution in [3.8, 4) is 0 Å². The van der Waals surface area contributed by atoms with Crippen LogP contribution in [0.25, 0.3) is 0 Å². The molecule has 0 spiro atoms. The van der Waals surface area contributed by atoms with Gasteiger partial charge in [-0.05, 0) is 31.0 Å². The summed E-state index contributed by atoms with van der Waals surface area (Å²) in [6.07, 6.45) is 6.37. The number of pyridine rings is 1. The minimum absolute atomic E-state index is 0.199. The molecule has 2 fully saturated rings. The number of hydrogen-bond donors (Lipinski definition) is 1. The number of aromatic nitrogens is 1. The highest BCUT2D eigenvalue weighted by Gasteiger charge is 2.47. The Balaban J connectivity index is 1.92. The summed E-state index contributed by atoms with van der Waals surface area (Å²) in [6.45, 7) is 2.83. The predicted octanol–water partition coefficient (Wildman–Crippen LogP) is 1.10. The summed E-state index contributed by atoms with van der Waals surface area (Å²) >= 11 is 0. The molecule has 3 heteroatoms. The largest absolute Gasteiger partial charge is 0.379 e. The second kappa shape index (κ2) is 3.58. The Labute approximate surface area is 89.9 Å². The molecule has 0 aromatic carbocycles. The lowest BCUT2D eigenvalue weighted by molar-refractivity contribution is -0.0762. The van der Waals surface area contributed by atoms with Gasteiger partial charge in [-0.2, -0.15) is 0 Å². The van der Waals surface area contributed by atoms with Crippen molar-refractivity contribution in [3.63, 3.8) is 0 Å². The van der Waals surface area contributed by atoms with E-state index in [0.717, 1.165) is 19.8 Å². The highest BCUT2D eigenvalue weighted by atomic mass is 16.5. The van der Waals surface area contributed by atoms with Gasteiger partial charge in [0.1, 0.15) is 0 Å². The van der Waals surface area contributed by atoms with E-state index in [9.17, 15) is 0 Å². The normalized spacial score (nSPS) is 28.7. The van der Waals surface area contributed by atoms with E-state index in [4.69, 9.17) is 4.74 Å². The van der Waals surface area contributed by atoms with Crippen molar-refractivity contribution in [2.75, 3.05) is 19.8 Å². The van der Waals surface area contributed by atoms with Gasteiger partial charge >= 0.3 is 0 Å². The fourth-order valence-electron chi connectivity index (χ4n) is 2.70. The molecule has 2 aliphatic rings. The van der Waals surface area contributed by atoms with Crippen molar-refractivity contribution >= 4 is 0 Å². The number of nitrogens with one attached hydrogen (secondary N) is 1. The number of hydrogen-bond acceptors (Lipinski definition) is 3. The Morgan fingerprint density at radius 2 is 2.40 bits per heavy atom. The van der Waals surface area contributed by atoms with Crippen LogP contribution in [0, 0.1) is 0 Å². The van der Waals surface area contributed by atoms with Crippen molar-refractivity contribution in [1.29, 1.82) is 0 Å². The molecule has 3 rings (SSSR count). The molecule has 1 aromatic heterocycles. The van der Waals surface area contributed by atoms with Gasteiger partial charge in [0.2, 0.25) is 0 Å². The van der Waals surface area contributed by atoms with Crippen LogP contribution in [0.4, 0.5) is 0 Å². The average Bonchev–Trinajstić information content (AvgIpc) is 2.72. The van der Waals surface area contributed by atoms with E-state index in [1.807, 2.05) is 18.5 Å². The Kier molecular flexibility index (Phi) is 2.22. The lowest BCUT2D eigenvalue weighted by atomic mass is 9.72. The van der Waals surface area contributed by atoms with Crippen molar-refractivity contribution in [1.82, 2.24) is 10.3 Å². The zero-order valence-corrected chi connectivity index (χ0v) is 8.78. The summed E-state index contributed by atoms with van der Waals surface area (Å²) < 4.78 is 5.44. The van der Waals surface area contributed by atoms with Crippen LogP contribution in [0.3, 0.4) is 0 Å². The SMILES string of the molecule is c1cncc(C2(C3CCCN3)COC2)c1. The first-order valence-electron chi connectivity index (χ1n) is 5.63. The third-order valence-electron chi connectivity index (χ3n) is 3.68. The van der Waals surface area contributed by atoms with Crippen LogP contribution in [-0.4, -0.2) is 30.8 Å². The molecule has 2 aliphatic heterocycles. The summed E-state index contributed by atoms with van der Waals surface area (Å²) in [7, 11) is 0. The minimum Gasteiger partial charge on any atom is -0.379 e. The summed E-state index contributed by atoms with van der Waals surface area (Å²) in [4.78, 5) is 4.22. The molecule has 0 amide bonds. The smallest absolute Gasteiger partial charge is 0.0601 e. The third kappa shape index (κ3) is 1.38. The van der Waals surface area contributed by atoms with Gasteiger partial charge in [0, 0.05) is 18.4 Å². The van der Waals surface area contributed by atoms with E-state index >= 15 is 0 Å². The maximum Gasteiger partial charge on any atom is 0.0601 e. The molecule has 0 saturated carbocycles. The van der Waals surface area contributed by atoms with Crippen molar-refractivity contribution < 1.29 is 4.74 Å². The molecule has 3 heterocycles. The highest BCUT2D eigenvalue weighted by molar-refractivity contribution is 5.28. The summed E-state index contributed by atoms with van der Waals surface area (Å²) in [5, 5.41) is 3.59. The van der Waals surface area contributed by atoms with Crippen LogP contribution in [0.5, 0.6) is 0 Å². The van der Waals surface area contributed by atoms with Gasteiger partial charge in [-0.3, -0.25) is 4.98 Å². The Morgan fingerprint density at radius 3 is 2.93 bits per heavy atom. The average molecular weight is 204 g/mol. The maximum absolute atomic E-state index is 5.44. The molecule has 80 valence electrons. The van der Waals surface area contributed by atoms with Gasteiger partial charge in [-0.1, -0.05) is 6.07 Å². The van der Waals surface area contributed by atoms with Crippen LogP contribution >= 0.6 is 0 Å². The van der Waals surface area contributed by atoms with E-state index in [1.165, 1.54) is 18.4 Å². The number of nitrogens with zero attached hydrogens (tertiary/aromatic N) is 1. The fourth-order valence-corrected chi connectivity index (χ4v) is 2.70. The molecule has 1 aromatic rings. The summed E-state index contributed by atoms with van der Waals surface area (Å²) in [5.41, 5.74) is 1.53. The first-order chi connectivity index (χ1) is 7.42. The molecular formula is C12H16N2O. The van der Waals surface area contributed by atoms with Gasteiger partial charge < -0.3 is 10.1 Å². The van der Waals surface area contributed by atoms with E-state index in [-0.39, 0.29) is 5.41 Å². The number of rotatable bonds is 2. The monoisotopic (exact) mass is 204 g/mol. The van der Waals surface area contributed by atoms with Crippen LogP contribution in [-0.2, 0) is 10.2 Å². The second-order valence-electron chi connectivity index (χ2n) is 4.54. The van der Waals surface area contributed by atoms with Gasteiger partial charge in [0.15, 0.2) is 0 Å². The van der Waals surface area contributed by atoms with Gasteiger partial charge in [-0.15, -0.1) is 0 Å². The molecule has 1 unspecified atom stereocenters. The van der Waals surface area contributed by atoms with Gasteiger partial charge in [0.05, 0.1) is 18.6 Å². The molecule has 1 atom stereocenters. The molecular weight excluding hydrogens is 188 g/mol. The molecule has 2 saturated heterocycles. The minimum atomic E-state index is 0.199. The van der Waals surface area contributed by atoms with Gasteiger partial charge in [0.25, 0.3) is 0 Å². The topological polar surface area (TPSA) is 34.2 Å². The van der Waals surface area contributed by atoms with E-state index in [2.05, 4.69) is 16.4 Å². The van der Waals surface area contributed by atoms with Crippen molar-refractivity contribution in [3.05, 3.63) is 30.1 Å². The quantitative estimate of drug-likeness (QED) is 0.783. The maximum atomic E-state index is 5.44. The Morgan fingerprint density at radius 1 is 1.47 bits per heavy atom. The van der Waals surface area contributed by atoms with Crippen molar-refractivity contribution in [2.24, 2.45) is 0 Å². The molecule has 0 aliphatic carbocycles. The summed E-state index contributed by atoms with van der Waals surface area (Å²) in [5.74, 6) is 0. The van der Waals surface area contributed by atoms with Crippen LogP contribution in [0.1, 0.15) is 18.4 Å². The van der Waals surface area contributed by atoms with E-state index in [1.54, 1.807) is 0 Å². The van der Waals surface area contributed by atoms with Crippen LogP contribution < -0.4 is 5.32 Å². The van der Waals surface area contributed by atoms with Gasteiger partial charge in [-0.25, -0.2) is 0 Å².